The van der Waals surface area contributed by atoms with Crippen LogP contribution in [0.5, 0.6) is 0 Å². The van der Waals surface area contributed by atoms with Crippen LogP contribution in [0.4, 0.5) is 13.2 Å². The van der Waals surface area contributed by atoms with Gasteiger partial charge in [0, 0.05) is 5.92 Å². The molecule has 2 aliphatic carbocycles. The van der Waals surface area contributed by atoms with Gasteiger partial charge in [-0.3, -0.25) is 0 Å². The second kappa shape index (κ2) is 14.8. The van der Waals surface area contributed by atoms with Gasteiger partial charge < -0.3 is 23.7 Å². The Morgan fingerprint density at radius 3 is 1.56 bits per heavy atom. The molecule has 0 aliphatic heterocycles. The fourth-order valence-electron chi connectivity index (χ4n) is 6.95. The van der Waals surface area contributed by atoms with Gasteiger partial charge in [0.15, 0.2) is 0 Å². The molecular weight excluding hydrogens is 576 g/mol. The minimum Gasteiger partial charge on any atom is -0.871 e. The number of fused-ring (bicyclic) bond motifs is 2. The third-order valence-electron chi connectivity index (χ3n) is 8.03. The van der Waals surface area contributed by atoms with Crippen LogP contribution in [-0.4, -0.2) is 78.3 Å². The minimum atomic E-state index is -2.52. The second-order valence-electron chi connectivity index (χ2n) is 15.1. The summed E-state index contributed by atoms with van der Waals surface area (Å²) in [6, 6.07) is 21.4. The zero-order chi connectivity index (χ0) is 33.6. The molecule has 246 valence electrons. The largest absolute Gasteiger partial charge is 0.871 e. The van der Waals surface area contributed by atoms with Gasteiger partial charge in [0.2, 0.25) is 0 Å². The highest BCUT2D eigenvalue weighted by Crippen LogP contribution is 2.70. The van der Waals surface area contributed by atoms with Crippen LogP contribution in [-0.2, 0) is 30.1 Å². The number of halogens is 3. The quantitative estimate of drug-likeness (QED) is 0.259. The van der Waals surface area contributed by atoms with Gasteiger partial charge >= 0.3 is 0 Å². The van der Waals surface area contributed by atoms with Crippen molar-refractivity contribution in [1.29, 1.82) is 0 Å². The number of hydrogen-bond acceptors (Lipinski definition) is 3. The molecule has 0 radical (unpaired) electrons. The number of rotatable bonds is 8. The van der Waals surface area contributed by atoms with Gasteiger partial charge in [-0.15, -0.1) is 0 Å². The normalized spacial score (nSPS) is 21.8. The maximum atomic E-state index is 13.8. The maximum Gasteiger partial charge on any atom is 0.115 e. The molecule has 0 heterocycles. The summed E-state index contributed by atoms with van der Waals surface area (Å²) in [5.41, 5.74) is 1.50. The highest BCUT2D eigenvalue weighted by Gasteiger charge is 2.68. The molecule has 5 rings (SSSR count). The highest BCUT2D eigenvalue weighted by atomic mass is 19.1. The molecule has 0 spiro atoms. The average Bonchev–Trinajstić information content (AvgIpc) is 3.49. The van der Waals surface area contributed by atoms with Crippen molar-refractivity contribution < 1.29 is 36.8 Å². The maximum absolute atomic E-state index is 13.8. The monoisotopic (exact) mass is 626 g/mol. The summed E-state index contributed by atoms with van der Waals surface area (Å²) in [5.74, 6) is -0.252. The van der Waals surface area contributed by atoms with Gasteiger partial charge in [-0.1, -0.05) is 72.8 Å². The first kappa shape index (κ1) is 36.8. The molecular formula is C36H50BF3N2O3. The first-order valence-electron chi connectivity index (χ1n) is 15.5. The molecule has 3 atom stereocenters. The van der Waals surface area contributed by atoms with E-state index >= 15 is 0 Å². The Labute approximate surface area is 268 Å². The van der Waals surface area contributed by atoms with E-state index in [2.05, 4.69) is 56.4 Å². The molecule has 0 saturated heterocycles. The number of quaternary nitrogens is 2. The van der Waals surface area contributed by atoms with Crippen molar-refractivity contribution in [2.75, 3.05) is 56.4 Å². The van der Waals surface area contributed by atoms with Crippen molar-refractivity contribution in [1.82, 2.24) is 0 Å². The Kier molecular flexibility index (Phi) is 12.1. The second-order valence-corrected chi connectivity index (χ2v) is 15.1. The summed E-state index contributed by atoms with van der Waals surface area (Å²) >= 11 is 0. The molecule has 9 heteroatoms. The first-order chi connectivity index (χ1) is 21.0. The summed E-state index contributed by atoms with van der Waals surface area (Å²) < 4.78 is 49.1. The molecule has 5 nitrogen and oxygen atoms in total. The van der Waals surface area contributed by atoms with Gasteiger partial charge in [-0.25, -0.2) is 13.2 Å². The molecule has 2 bridgehead atoms. The third kappa shape index (κ3) is 8.98. The lowest BCUT2D eigenvalue weighted by atomic mass is 9.54. The lowest BCUT2D eigenvalue weighted by Crippen LogP contribution is -2.61. The summed E-state index contributed by atoms with van der Waals surface area (Å²) in [6.07, 6.45) is 1.65. The Balaban J connectivity index is 0.000000482. The van der Waals surface area contributed by atoms with Crippen molar-refractivity contribution in [3.63, 3.8) is 0 Å². The van der Waals surface area contributed by atoms with E-state index in [4.69, 9.17) is 4.65 Å². The predicted octanol–water partition coefficient (Wildman–Crippen LogP) is 5.08. The molecule has 0 N–H and O–H groups in total. The molecule has 2 fully saturated rings. The van der Waals surface area contributed by atoms with Crippen molar-refractivity contribution in [3.05, 3.63) is 106 Å². The molecule has 2 aliphatic rings. The van der Waals surface area contributed by atoms with E-state index in [-0.39, 0.29) is 11.8 Å². The van der Waals surface area contributed by atoms with Crippen LogP contribution in [0.15, 0.2) is 72.8 Å². The van der Waals surface area contributed by atoms with Crippen molar-refractivity contribution in [2.45, 2.75) is 56.2 Å². The molecule has 0 aromatic heterocycles. The Morgan fingerprint density at radius 2 is 1.13 bits per heavy atom. The standard InChI is InChI=1S/C28H26BF3O3.2C4H12N/c30-16-19-4-1-7-22(12-19)26-23-10-11-27(15-23,35-29(33)34)28(26,24-8-2-5-20(13-24)17-31)25-9-3-6-21(14-25)18-32;2*1-5(2,3)4/h1-9,12-14,23,26H,10-11,15-18H2;2*1-4H3/q-2;2*+1. The predicted molar refractivity (Wildman–Crippen MR) is 172 cm³/mol. The molecule has 3 unspecified atom stereocenters. The zero-order valence-corrected chi connectivity index (χ0v) is 28.2. The first-order valence-corrected chi connectivity index (χ1v) is 15.5. The van der Waals surface area contributed by atoms with Gasteiger partial charge in [0.1, 0.15) is 20.0 Å². The van der Waals surface area contributed by atoms with E-state index in [0.29, 0.717) is 40.7 Å². The van der Waals surface area contributed by atoms with E-state index in [1.54, 1.807) is 48.5 Å². The number of hydrogen-bond donors (Lipinski definition) is 0. The molecule has 0 amide bonds. The van der Waals surface area contributed by atoms with Gasteiger partial charge in [0.25, 0.3) is 0 Å². The zero-order valence-electron chi connectivity index (χ0n) is 28.2. The van der Waals surface area contributed by atoms with Crippen LogP contribution < -0.4 is 10.0 Å². The van der Waals surface area contributed by atoms with E-state index in [1.807, 2.05) is 24.3 Å². The van der Waals surface area contributed by atoms with E-state index in [9.17, 15) is 23.2 Å². The van der Waals surface area contributed by atoms with Crippen molar-refractivity contribution >= 4 is 7.32 Å². The SMILES string of the molecule is C[N+](C)(C)C.C[N+](C)(C)C.[O-]B([O-])OC12CCC(C1)C(c1cccc(CF)c1)C2(c1cccc(CF)c1)c1cccc(CF)c1. The Bertz CT molecular complexity index is 1320. The molecule has 2 saturated carbocycles. The number of benzene rings is 3. The summed E-state index contributed by atoms with van der Waals surface area (Å²) in [7, 11) is 14.5. The summed E-state index contributed by atoms with van der Waals surface area (Å²) in [4.78, 5) is 0. The average molecular weight is 627 g/mol. The van der Waals surface area contributed by atoms with Crippen LogP contribution in [0.2, 0.25) is 0 Å². The molecule has 3 aromatic rings. The third-order valence-corrected chi connectivity index (χ3v) is 8.03. The lowest BCUT2D eigenvalue weighted by molar-refractivity contribution is -0.849. The van der Waals surface area contributed by atoms with Crippen molar-refractivity contribution in [2.24, 2.45) is 5.92 Å². The van der Waals surface area contributed by atoms with Gasteiger partial charge in [-0.05, 0) is 58.6 Å². The van der Waals surface area contributed by atoms with E-state index in [0.717, 1.165) is 21.0 Å². The summed E-state index contributed by atoms with van der Waals surface area (Å²) in [6.45, 7) is -1.99. The van der Waals surface area contributed by atoms with Crippen LogP contribution in [0, 0.1) is 5.92 Å². The van der Waals surface area contributed by atoms with Crippen LogP contribution >= 0.6 is 0 Å². The van der Waals surface area contributed by atoms with Crippen LogP contribution in [0.25, 0.3) is 0 Å². The van der Waals surface area contributed by atoms with E-state index < -0.39 is 38.4 Å². The fraction of sp³-hybridized carbons (Fsp3) is 0.500. The topological polar surface area (TPSA) is 55.3 Å². The Hall–Kier alpha value is -2.69. The fourth-order valence-corrected chi connectivity index (χ4v) is 6.95. The lowest BCUT2D eigenvalue weighted by Gasteiger charge is -2.55. The van der Waals surface area contributed by atoms with Crippen LogP contribution in [0.3, 0.4) is 0 Å². The van der Waals surface area contributed by atoms with E-state index in [1.165, 1.54) is 0 Å². The Morgan fingerprint density at radius 1 is 0.711 bits per heavy atom. The van der Waals surface area contributed by atoms with Gasteiger partial charge in [-0.2, -0.15) is 0 Å². The summed E-state index contributed by atoms with van der Waals surface area (Å²) in [5, 5.41) is 24.1. The minimum absolute atomic E-state index is 0.0340. The van der Waals surface area contributed by atoms with Gasteiger partial charge in [0.05, 0.1) is 74.7 Å². The molecule has 45 heavy (non-hydrogen) atoms. The van der Waals surface area contributed by atoms with Crippen molar-refractivity contribution in [3.8, 4) is 0 Å². The number of nitrogens with zero attached hydrogens (tertiary/aromatic N) is 2. The smallest absolute Gasteiger partial charge is 0.115 e. The van der Waals surface area contributed by atoms with Crippen LogP contribution in [0.1, 0.15) is 58.6 Å². The number of alkyl halides is 3. The highest BCUT2D eigenvalue weighted by molar-refractivity contribution is 6.28. The molecule has 3 aromatic carbocycles.